The van der Waals surface area contributed by atoms with Crippen molar-refractivity contribution in [1.29, 1.82) is 0 Å². The molecule has 0 spiro atoms. The van der Waals surface area contributed by atoms with Gasteiger partial charge in [-0.25, -0.2) is 9.09 Å². The van der Waals surface area contributed by atoms with E-state index in [-0.39, 0.29) is 25.2 Å². The van der Waals surface area contributed by atoms with E-state index in [2.05, 4.69) is 20.8 Å². The average Bonchev–Trinajstić information content (AvgIpc) is 3.38. The molecule has 6 atom stereocenters. The molecule has 2 aliphatic rings. The van der Waals surface area contributed by atoms with Crippen LogP contribution in [0.3, 0.4) is 0 Å². The van der Waals surface area contributed by atoms with Gasteiger partial charge in [-0.05, 0) is 18.6 Å². The molecule has 2 saturated heterocycles. The highest BCUT2D eigenvalue weighted by atomic mass is 31.2. The molecule has 2 N–H and O–H groups in total. The molecule has 0 bridgehead atoms. The maximum atomic E-state index is 13.3. The van der Waals surface area contributed by atoms with Gasteiger partial charge in [0.05, 0.1) is 19.8 Å². The summed E-state index contributed by atoms with van der Waals surface area (Å²) in [5, 5.41) is 0. The monoisotopic (exact) mass is 638 g/mol. The second-order valence-corrected chi connectivity index (χ2v) is 14.5. The summed E-state index contributed by atoms with van der Waals surface area (Å²) in [4.78, 5) is 24.1. The molecule has 0 aliphatic carbocycles. The number of fused-ring (bicyclic) bond motifs is 1. The number of carbonyl (C=O) groups excluding carboxylic acids is 1. The number of piperidine rings is 1. The van der Waals surface area contributed by atoms with Crippen LogP contribution in [0.25, 0.3) is 0 Å². The quantitative estimate of drug-likeness (QED) is 0.0496. The van der Waals surface area contributed by atoms with E-state index >= 15 is 0 Å². The Bertz CT molecular complexity index is 1010. The Morgan fingerprint density at radius 2 is 1.50 bits per heavy atom. The van der Waals surface area contributed by atoms with Crippen molar-refractivity contribution >= 4 is 13.8 Å². The zero-order chi connectivity index (χ0) is 31.9. The van der Waals surface area contributed by atoms with Crippen molar-refractivity contribution in [3.63, 3.8) is 0 Å². The molecule has 3 rings (SSSR count). The van der Waals surface area contributed by atoms with Crippen LogP contribution < -0.4 is 4.90 Å². The van der Waals surface area contributed by atoms with E-state index in [0.717, 1.165) is 36.3 Å². The van der Waals surface area contributed by atoms with Crippen LogP contribution in [-0.4, -0.2) is 48.9 Å². The summed E-state index contributed by atoms with van der Waals surface area (Å²) in [7, 11) is -4.49. The van der Waals surface area contributed by atoms with Crippen LogP contribution in [0.5, 0.6) is 0 Å². The molecule has 2 fully saturated rings. The van der Waals surface area contributed by atoms with Crippen LogP contribution in [0.4, 0.5) is 0 Å². The predicted molar refractivity (Wildman–Crippen MR) is 174 cm³/mol. The molecule has 44 heavy (non-hydrogen) atoms. The Balaban J connectivity index is 1.35. The molecule has 0 aromatic heterocycles. The summed E-state index contributed by atoms with van der Waals surface area (Å²) in [6.45, 7) is 9.51. The Labute approximate surface area is 267 Å². The van der Waals surface area contributed by atoms with Gasteiger partial charge in [0, 0.05) is 37.9 Å². The van der Waals surface area contributed by atoms with Crippen LogP contribution >= 0.6 is 7.82 Å². The highest BCUT2D eigenvalue weighted by Gasteiger charge is 2.87. The first-order chi connectivity index (χ1) is 21.2. The Morgan fingerprint density at radius 3 is 2.02 bits per heavy atom. The highest BCUT2D eigenvalue weighted by Crippen LogP contribution is 2.59. The third-order valence-electron chi connectivity index (χ3n) is 9.92. The van der Waals surface area contributed by atoms with Crippen molar-refractivity contribution in [2.24, 2.45) is 5.92 Å². The summed E-state index contributed by atoms with van der Waals surface area (Å²) in [6.07, 6.45) is 18.6. The minimum atomic E-state index is -4.49. The van der Waals surface area contributed by atoms with Gasteiger partial charge < -0.3 is 14.4 Å². The zero-order valence-corrected chi connectivity index (χ0v) is 28.9. The maximum Gasteiger partial charge on any atom is 0.477 e. The molecule has 6 unspecified atom stereocenters. The smallest absolute Gasteiger partial charge is 0.457 e. The number of phosphoric acid groups is 1. The lowest BCUT2D eigenvalue weighted by Gasteiger charge is -2.24. The third-order valence-corrected chi connectivity index (χ3v) is 10.9. The molecule has 0 saturated carbocycles. The van der Waals surface area contributed by atoms with Gasteiger partial charge in [0.25, 0.3) is 5.72 Å². The van der Waals surface area contributed by atoms with E-state index in [1.807, 2.05) is 30.3 Å². The van der Waals surface area contributed by atoms with Gasteiger partial charge in [0.1, 0.15) is 6.10 Å². The van der Waals surface area contributed by atoms with Crippen LogP contribution in [-0.2, 0) is 33.6 Å². The minimum absolute atomic E-state index is 0.111. The van der Waals surface area contributed by atoms with E-state index in [0.29, 0.717) is 12.5 Å². The number of quaternary nitrogens is 1. The number of ether oxygens (including phenoxy) is 2. The van der Waals surface area contributed by atoms with Crippen molar-refractivity contribution in [1.82, 2.24) is 0 Å². The van der Waals surface area contributed by atoms with Gasteiger partial charge in [0.2, 0.25) is 0 Å². The Morgan fingerprint density at radius 1 is 0.932 bits per heavy atom. The third kappa shape index (κ3) is 10.4. The van der Waals surface area contributed by atoms with Gasteiger partial charge in [-0.15, -0.1) is 0 Å². The first-order valence-corrected chi connectivity index (χ1v) is 19.1. The standard InChI is InChI=1S/C35H60NO7P/c1-5-7-8-9-10-11-12-13-14-15-16-17-18-22-27-40-28-32(42-33(37)6-2)29-41-44(38,39)43-35(31-23-20-19-21-24-31)34(4)30(3)25-26-36(34)35/h19-21,23-24,30,32H,5-18,22,25-29H2,1-4H3,(H,38,39)/p+1. The van der Waals surface area contributed by atoms with Gasteiger partial charge >= 0.3 is 13.8 Å². The second kappa shape index (κ2) is 18.8. The van der Waals surface area contributed by atoms with Crippen LogP contribution in [0.2, 0.25) is 0 Å². The number of unbranched alkanes of at least 4 members (excludes halogenated alkanes) is 13. The van der Waals surface area contributed by atoms with E-state index in [9.17, 15) is 14.3 Å². The number of hydrogen-bond acceptors (Lipinski definition) is 6. The largest absolute Gasteiger partial charge is 0.477 e. The summed E-state index contributed by atoms with van der Waals surface area (Å²) in [6, 6.07) is 9.65. The Hall–Kier alpha value is -1.28. The fourth-order valence-electron chi connectivity index (χ4n) is 7.05. The lowest BCUT2D eigenvalue weighted by atomic mass is 9.85. The second-order valence-electron chi connectivity index (χ2n) is 13.2. The molecule has 252 valence electrons. The molecule has 2 heterocycles. The van der Waals surface area contributed by atoms with Gasteiger partial charge in [0.15, 0.2) is 5.54 Å². The topological polar surface area (TPSA) is 95.7 Å². The Kier molecular flexibility index (Phi) is 15.9. The fraction of sp³-hybridized carbons (Fsp3) is 0.800. The van der Waals surface area contributed by atoms with Crippen molar-refractivity contribution < 1.29 is 37.7 Å². The predicted octanol–water partition coefficient (Wildman–Crippen LogP) is 7.49. The zero-order valence-electron chi connectivity index (χ0n) is 28.0. The van der Waals surface area contributed by atoms with E-state index in [1.54, 1.807) is 6.92 Å². The molecule has 1 aromatic carbocycles. The van der Waals surface area contributed by atoms with Crippen molar-refractivity contribution in [2.45, 2.75) is 148 Å². The number of nitrogens with one attached hydrogen (secondary N) is 1. The van der Waals surface area contributed by atoms with Crippen molar-refractivity contribution in [3.05, 3.63) is 35.9 Å². The first-order valence-electron chi connectivity index (χ1n) is 17.6. The maximum absolute atomic E-state index is 13.3. The van der Waals surface area contributed by atoms with Crippen LogP contribution in [0.15, 0.2) is 30.3 Å². The molecule has 0 amide bonds. The number of phosphoric ester groups is 1. The van der Waals surface area contributed by atoms with Crippen molar-refractivity contribution in [2.75, 3.05) is 26.4 Å². The summed E-state index contributed by atoms with van der Waals surface area (Å²) >= 11 is 0. The number of rotatable bonds is 25. The fourth-order valence-corrected chi connectivity index (χ4v) is 8.21. The molecule has 8 nitrogen and oxygen atoms in total. The van der Waals surface area contributed by atoms with E-state index < -0.39 is 25.6 Å². The minimum Gasteiger partial charge on any atom is -0.457 e. The molecule has 9 heteroatoms. The van der Waals surface area contributed by atoms with Gasteiger partial charge in [-0.2, -0.15) is 0 Å². The molecular formula is C35H61NO7P+. The number of carbonyl (C=O) groups is 1. The van der Waals surface area contributed by atoms with Crippen molar-refractivity contribution in [3.8, 4) is 0 Å². The first kappa shape index (κ1) is 37.2. The summed E-state index contributed by atoms with van der Waals surface area (Å²) < 4.78 is 36.1. The van der Waals surface area contributed by atoms with Crippen LogP contribution in [0.1, 0.15) is 136 Å². The SMILES string of the molecule is CCCCCCCCCCCCCCCCOCC(COP(=O)(O)OC1(c2ccccc2)[NH+]2CCC(C)C21C)OC(=O)CC. The van der Waals surface area contributed by atoms with Gasteiger partial charge in [-0.3, -0.25) is 14.2 Å². The number of benzene rings is 1. The summed E-state index contributed by atoms with van der Waals surface area (Å²) in [5.41, 5.74) is -0.399. The summed E-state index contributed by atoms with van der Waals surface area (Å²) in [5.74, 6) is -0.0824. The average molecular weight is 639 g/mol. The lowest BCUT2D eigenvalue weighted by Crippen LogP contribution is -2.98. The van der Waals surface area contributed by atoms with Crippen LogP contribution in [0, 0.1) is 5.92 Å². The molecular weight excluding hydrogens is 577 g/mol. The molecule has 0 radical (unpaired) electrons. The number of esters is 1. The lowest BCUT2D eigenvalue weighted by molar-refractivity contribution is -0.828. The normalized spacial score (nSPS) is 26.2. The molecule has 2 aliphatic heterocycles. The van der Waals surface area contributed by atoms with E-state index in [4.69, 9.17) is 18.5 Å². The van der Waals surface area contributed by atoms with Gasteiger partial charge in [-0.1, -0.05) is 122 Å². The highest BCUT2D eigenvalue weighted by molar-refractivity contribution is 7.47. The number of hydrogen-bond donors (Lipinski definition) is 2. The van der Waals surface area contributed by atoms with E-state index in [1.165, 1.54) is 77.0 Å². The molecule has 1 aromatic rings.